The van der Waals surface area contributed by atoms with Crippen molar-refractivity contribution in [3.63, 3.8) is 0 Å². The van der Waals surface area contributed by atoms with E-state index in [0.717, 1.165) is 38.6 Å². The summed E-state index contributed by atoms with van der Waals surface area (Å²) in [6.07, 6.45) is 7.24. The van der Waals surface area contributed by atoms with Crippen molar-refractivity contribution >= 4 is 15.7 Å². The number of aliphatic hydroxyl groups is 1. The molecule has 2 atom stereocenters. The van der Waals surface area contributed by atoms with Gasteiger partial charge < -0.3 is 10.0 Å². The summed E-state index contributed by atoms with van der Waals surface area (Å²) in [5, 5.41) is 11.3. The number of benzene rings is 1. The zero-order valence-corrected chi connectivity index (χ0v) is 18.7. The topological polar surface area (TPSA) is 64.1 Å². The number of para-hydroxylation sites is 1. The second kappa shape index (κ2) is 8.73. The van der Waals surface area contributed by atoms with Crippen LogP contribution in [0.1, 0.15) is 44.9 Å². The third-order valence-electron chi connectivity index (χ3n) is 7.17. The number of likely N-dealkylation sites (tertiary alicyclic amines) is 1. The largest absolute Gasteiger partial charge is 0.388 e. The number of halogens is 1. The van der Waals surface area contributed by atoms with E-state index in [2.05, 4.69) is 4.90 Å². The quantitative estimate of drug-likeness (QED) is 0.781. The van der Waals surface area contributed by atoms with Crippen LogP contribution in [0, 0.1) is 5.82 Å². The zero-order valence-electron chi connectivity index (χ0n) is 17.8. The van der Waals surface area contributed by atoms with Gasteiger partial charge in [-0.2, -0.15) is 4.31 Å². The van der Waals surface area contributed by atoms with Crippen LogP contribution in [0.5, 0.6) is 0 Å². The number of piperidine rings is 2. The Morgan fingerprint density at radius 1 is 1.03 bits per heavy atom. The minimum absolute atomic E-state index is 0.0124. The molecule has 168 valence electrons. The lowest BCUT2D eigenvalue weighted by Crippen LogP contribution is -2.60. The molecule has 0 unspecified atom stereocenters. The number of nitrogens with zero attached hydrogens (tertiary/aromatic N) is 3. The van der Waals surface area contributed by atoms with Gasteiger partial charge in [-0.3, -0.25) is 4.90 Å². The molecule has 3 heterocycles. The van der Waals surface area contributed by atoms with Crippen LogP contribution in [0.4, 0.5) is 10.1 Å². The van der Waals surface area contributed by atoms with Crippen molar-refractivity contribution < 1.29 is 17.9 Å². The molecule has 0 bridgehead atoms. The molecule has 0 amide bonds. The smallest absolute Gasteiger partial charge is 0.211 e. The van der Waals surface area contributed by atoms with Gasteiger partial charge in [-0.05, 0) is 57.2 Å². The Morgan fingerprint density at radius 2 is 1.73 bits per heavy atom. The summed E-state index contributed by atoms with van der Waals surface area (Å²) in [7, 11) is -3.23. The highest BCUT2D eigenvalue weighted by Crippen LogP contribution is 2.34. The summed E-state index contributed by atoms with van der Waals surface area (Å²) in [6.45, 7) is 3.31. The Kier molecular flexibility index (Phi) is 6.40. The summed E-state index contributed by atoms with van der Waals surface area (Å²) < 4.78 is 40.6. The predicted molar refractivity (Wildman–Crippen MR) is 117 cm³/mol. The second-order valence-corrected chi connectivity index (χ2v) is 11.2. The number of anilines is 1. The van der Waals surface area contributed by atoms with Crippen molar-refractivity contribution in [2.24, 2.45) is 0 Å². The van der Waals surface area contributed by atoms with Crippen molar-refractivity contribution in [2.75, 3.05) is 43.9 Å². The average Bonchev–Trinajstić information content (AvgIpc) is 2.92. The maximum atomic E-state index is 14.1. The number of rotatable bonds is 4. The fourth-order valence-corrected chi connectivity index (χ4v) is 6.82. The van der Waals surface area contributed by atoms with Crippen LogP contribution in [-0.2, 0) is 10.0 Å². The first kappa shape index (κ1) is 22.0. The molecule has 0 spiro atoms. The molecule has 0 aliphatic carbocycles. The van der Waals surface area contributed by atoms with E-state index in [4.69, 9.17) is 0 Å². The molecular weight excluding hydrogens is 405 g/mol. The van der Waals surface area contributed by atoms with Crippen LogP contribution in [0.15, 0.2) is 24.3 Å². The molecule has 3 aliphatic heterocycles. The van der Waals surface area contributed by atoms with Gasteiger partial charge >= 0.3 is 0 Å². The van der Waals surface area contributed by atoms with Crippen LogP contribution >= 0.6 is 0 Å². The van der Waals surface area contributed by atoms with Gasteiger partial charge in [0.15, 0.2) is 0 Å². The zero-order chi connectivity index (χ0) is 21.4. The maximum absolute atomic E-state index is 14.1. The van der Waals surface area contributed by atoms with Crippen molar-refractivity contribution in [1.29, 1.82) is 0 Å². The van der Waals surface area contributed by atoms with E-state index in [0.29, 0.717) is 44.7 Å². The Morgan fingerprint density at radius 3 is 2.43 bits per heavy atom. The molecule has 1 N–H and O–H groups in total. The van der Waals surface area contributed by atoms with Crippen LogP contribution in [0.25, 0.3) is 0 Å². The van der Waals surface area contributed by atoms with Gasteiger partial charge in [0.1, 0.15) is 5.82 Å². The van der Waals surface area contributed by atoms with E-state index in [1.165, 1.54) is 12.3 Å². The van der Waals surface area contributed by atoms with Crippen LogP contribution in [0.2, 0.25) is 0 Å². The molecule has 0 aromatic heterocycles. The van der Waals surface area contributed by atoms with Crippen LogP contribution < -0.4 is 4.90 Å². The first-order valence-electron chi connectivity index (χ1n) is 11.2. The van der Waals surface area contributed by atoms with E-state index < -0.39 is 15.6 Å². The normalized spacial score (nSPS) is 28.7. The van der Waals surface area contributed by atoms with Crippen molar-refractivity contribution in [1.82, 2.24) is 9.21 Å². The number of sulfonamides is 1. The van der Waals surface area contributed by atoms with E-state index in [1.807, 2.05) is 11.0 Å². The molecule has 3 fully saturated rings. The second-order valence-electron chi connectivity index (χ2n) is 9.28. The van der Waals surface area contributed by atoms with Gasteiger partial charge in [0.05, 0.1) is 17.5 Å². The summed E-state index contributed by atoms with van der Waals surface area (Å²) in [5.74, 6) is -0.221. The summed E-state index contributed by atoms with van der Waals surface area (Å²) in [6, 6.07) is 6.98. The van der Waals surface area contributed by atoms with E-state index in [1.54, 1.807) is 16.4 Å². The van der Waals surface area contributed by atoms with Gasteiger partial charge in [-0.25, -0.2) is 12.8 Å². The highest BCUT2D eigenvalue weighted by Gasteiger charge is 2.43. The minimum atomic E-state index is -3.23. The molecule has 0 saturated carbocycles. The van der Waals surface area contributed by atoms with Gasteiger partial charge in [-0.15, -0.1) is 0 Å². The monoisotopic (exact) mass is 439 g/mol. The fraction of sp³-hybridized carbons (Fsp3) is 0.727. The number of β-amino-alcohol motifs (C(OH)–C–C–N with tert-alkyl or cyclic N) is 1. The average molecular weight is 440 g/mol. The molecule has 30 heavy (non-hydrogen) atoms. The van der Waals surface area contributed by atoms with Crippen molar-refractivity contribution in [3.8, 4) is 0 Å². The number of hydrogen-bond acceptors (Lipinski definition) is 5. The van der Waals surface area contributed by atoms with Crippen LogP contribution in [0.3, 0.4) is 0 Å². The highest BCUT2D eigenvalue weighted by molar-refractivity contribution is 7.88. The summed E-state index contributed by atoms with van der Waals surface area (Å²) >= 11 is 0. The minimum Gasteiger partial charge on any atom is -0.388 e. The lowest BCUT2D eigenvalue weighted by atomic mass is 9.87. The number of hydrogen-bond donors (Lipinski definition) is 1. The van der Waals surface area contributed by atoms with E-state index in [9.17, 15) is 17.9 Å². The molecule has 1 aromatic carbocycles. The Labute approximate surface area is 179 Å². The summed E-state index contributed by atoms with van der Waals surface area (Å²) in [4.78, 5) is 4.36. The van der Waals surface area contributed by atoms with Gasteiger partial charge in [0.25, 0.3) is 0 Å². The molecule has 3 aliphatic rings. The number of fused-ring (bicyclic) bond motifs is 1. The third-order valence-corrected chi connectivity index (χ3v) is 8.47. The van der Waals surface area contributed by atoms with E-state index >= 15 is 0 Å². The Bertz CT molecular complexity index is 842. The summed E-state index contributed by atoms with van der Waals surface area (Å²) in [5.41, 5.74) is -0.212. The molecule has 1 aromatic rings. The van der Waals surface area contributed by atoms with Crippen molar-refractivity contribution in [3.05, 3.63) is 30.1 Å². The molecular formula is C22H34FN3O3S. The van der Waals surface area contributed by atoms with Crippen LogP contribution in [-0.4, -0.2) is 79.4 Å². The van der Waals surface area contributed by atoms with Crippen molar-refractivity contribution in [2.45, 2.75) is 62.6 Å². The van der Waals surface area contributed by atoms with E-state index in [-0.39, 0.29) is 17.9 Å². The molecule has 3 saturated heterocycles. The molecule has 4 rings (SSSR count). The maximum Gasteiger partial charge on any atom is 0.211 e. The van der Waals surface area contributed by atoms with Gasteiger partial charge in [-0.1, -0.05) is 18.6 Å². The third kappa shape index (κ3) is 4.66. The first-order chi connectivity index (χ1) is 14.3. The fourth-order valence-electron chi connectivity index (χ4n) is 5.62. The molecule has 6 nitrogen and oxygen atoms in total. The molecule has 8 heteroatoms. The SMILES string of the molecule is CS(=O)(=O)N1CCCC[C@@H]2[C@H]1CCCN2CC1(O)CCN(c2ccccc2F)CC1. The standard InChI is InChI=1S/C22H34FN3O3S/c1-30(28,29)26-14-5-4-9-20-21(26)10-6-13-25(20)17-22(27)11-15-24(16-12-22)19-8-3-2-7-18(19)23/h2-3,7-8,20-21,27H,4-6,9-17H2,1H3/t20-,21-/m1/s1. The predicted octanol–water partition coefficient (Wildman–Crippen LogP) is 2.44. The lowest BCUT2D eigenvalue weighted by Gasteiger charge is -2.48. The molecule has 0 radical (unpaired) electrons. The lowest BCUT2D eigenvalue weighted by molar-refractivity contribution is -0.0436. The Balaban J connectivity index is 1.44. The first-order valence-corrected chi connectivity index (χ1v) is 13.0. The Hall–Kier alpha value is -1.22. The highest BCUT2D eigenvalue weighted by atomic mass is 32.2. The van der Waals surface area contributed by atoms with Gasteiger partial charge in [0.2, 0.25) is 10.0 Å². The van der Waals surface area contributed by atoms with Gasteiger partial charge in [0, 0.05) is 38.3 Å².